The number of hydrogen-bond donors (Lipinski definition) is 1. The van der Waals surface area contributed by atoms with E-state index in [4.69, 9.17) is 10.5 Å². The van der Waals surface area contributed by atoms with Crippen molar-refractivity contribution >= 4 is 0 Å². The fourth-order valence-corrected chi connectivity index (χ4v) is 2.70. The summed E-state index contributed by atoms with van der Waals surface area (Å²) in [6.07, 6.45) is 2.48. The molecule has 0 aromatic carbocycles. The normalized spacial score (nSPS) is 35.6. The second-order valence-corrected chi connectivity index (χ2v) is 4.76. The average molecular weight is 213 g/mol. The van der Waals surface area contributed by atoms with Crippen molar-refractivity contribution in [1.82, 2.24) is 9.80 Å². The summed E-state index contributed by atoms with van der Waals surface area (Å²) in [4.78, 5) is 4.94. The number of nitrogens with zero attached hydrogens (tertiary/aromatic N) is 2. The first-order chi connectivity index (χ1) is 7.31. The minimum absolute atomic E-state index is 0.524. The highest BCUT2D eigenvalue weighted by atomic mass is 16.5. The van der Waals surface area contributed by atoms with Crippen LogP contribution in [0.3, 0.4) is 0 Å². The quantitative estimate of drug-likeness (QED) is 0.686. The van der Waals surface area contributed by atoms with Crippen LogP contribution in [0.1, 0.15) is 12.8 Å². The van der Waals surface area contributed by atoms with Crippen LogP contribution in [0.2, 0.25) is 0 Å². The molecule has 15 heavy (non-hydrogen) atoms. The zero-order valence-electron chi connectivity index (χ0n) is 9.69. The Morgan fingerprint density at radius 2 is 2.27 bits per heavy atom. The van der Waals surface area contributed by atoms with Crippen molar-refractivity contribution in [3.8, 4) is 0 Å². The molecule has 0 aromatic rings. The van der Waals surface area contributed by atoms with Gasteiger partial charge in [-0.05, 0) is 19.9 Å². The summed E-state index contributed by atoms with van der Waals surface area (Å²) in [6.45, 7) is 6.02. The van der Waals surface area contributed by atoms with Crippen LogP contribution in [0.5, 0.6) is 0 Å². The Morgan fingerprint density at radius 1 is 1.40 bits per heavy atom. The molecule has 2 unspecified atom stereocenters. The molecule has 2 atom stereocenters. The van der Waals surface area contributed by atoms with Gasteiger partial charge in [-0.25, -0.2) is 0 Å². The third kappa shape index (κ3) is 2.69. The van der Waals surface area contributed by atoms with E-state index in [9.17, 15) is 0 Å². The molecule has 0 radical (unpaired) electrons. The molecule has 2 saturated heterocycles. The topological polar surface area (TPSA) is 41.7 Å². The van der Waals surface area contributed by atoms with Gasteiger partial charge < -0.3 is 15.4 Å². The Kier molecular flexibility index (Phi) is 3.97. The first-order valence-electron chi connectivity index (χ1n) is 6.03. The van der Waals surface area contributed by atoms with Gasteiger partial charge in [-0.1, -0.05) is 0 Å². The molecule has 0 bridgehead atoms. The first-order valence-corrected chi connectivity index (χ1v) is 6.03. The Balaban J connectivity index is 1.93. The van der Waals surface area contributed by atoms with Crippen molar-refractivity contribution in [3.63, 3.8) is 0 Å². The summed E-state index contributed by atoms with van der Waals surface area (Å²) in [6, 6.07) is 1.14. The molecule has 2 heterocycles. The highest BCUT2D eigenvalue weighted by Crippen LogP contribution is 2.18. The molecule has 0 aliphatic carbocycles. The molecule has 2 aliphatic heterocycles. The van der Waals surface area contributed by atoms with Gasteiger partial charge in [0.2, 0.25) is 0 Å². The largest absolute Gasteiger partial charge is 0.380 e. The molecular formula is C11H23N3O. The molecule has 88 valence electrons. The van der Waals surface area contributed by atoms with Crippen LogP contribution in [0.25, 0.3) is 0 Å². The van der Waals surface area contributed by atoms with Gasteiger partial charge in [-0.15, -0.1) is 0 Å². The molecule has 2 fully saturated rings. The van der Waals surface area contributed by atoms with Crippen LogP contribution in [-0.2, 0) is 4.74 Å². The maximum Gasteiger partial charge on any atom is 0.0621 e. The molecule has 2 N–H and O–H groups in total. The van der Waals surface area contributed by atoms with Crippen molar-refractivity contribution in [2.45, 2.75) is 24.9 Å². The Bertz CT molecular complexity index is 192. The zero-order chi connectivity index (χ0) is 10.7. The van der Waals surface area contributed by atoms with Crippen LogP contribution in [0.15, 0.2) is 0 Å². The molecule has 4 nitrogen and oxygen atoms in total. The van der Waals surface area contributed by atoms with Gasteiger partial charge in [0, 0.05) is 44.9 Å². The third-order valence-corrected chi connectivity index (χ3v) is 3.61. The molecule has 0 amide bonds. The van der Waals surface area contributed by atoms with E-state index < -0.39 is 0 Å². The summed E-state index contributed by atoms with van der Waals surface area (Å²) >= 11 is 0. The van der Waals surface area contributed by atoms with E-state index in [0.29, 0.717) is 12.1 Å². The summed E-state index contributed by atoms with van der Waals surface area (Å²) in [5.74, 6) is 0. The van der Waals surface area contributed by atoms with Crippen LogP contribution in [0, 0.1) is 0 Å². The van der Waals surface area contributed by atoms with Crippen molar-refractivity contribution in [3.05, 3.63) is 0 Å². The Labute approximate surface area is 92.4 Å². The predicted octanol–water partition coefficient (Wildman–Crippen LogP) is -0.260. The van der Waals surface area contributed by atoms with Crippen LogP contribution in [-0.4, -0.2) is 68.3 Å². The summed E-state index contributed by atoms with van der Waals surface area (Å²) < 4.78 is 5.56. The zero-order valence-corrected chi connectivity index (χ0v) is 9.69. The number of rotatable bonds is 2. The molecule has 0 spiro atoms. The van der Waals surface area contributed by atoms with Crippen molar-refractivity contribution in [1.29, 1.82) is 0 Å². The lowest BCUT2D eigenvalue weighted by Gasteiger charge is -2.44. The van der Waals surface area contributed by atoms with Gasteiger partial charge in [0.15, 0.2) is 0 Å². The highest BCUT2D eigenvalue weighted by Gasteiger charge is 2.30. The SMILES string of the molecule is CN1CCN(C2CCCOC2)C(CN)C1. The number of hydrogen-bond acceptors (Lipinski definition) is 4. The Hall–Kier alpha value is -0.160. The molecule has 0 saturated carbocycles. The second-order valence-electron chi connectivity index (χ2n) is 4.76. The third-order valence-electron chi connectivity index (χ3n) is 3.61. The number of piperazine rings is 1. The fourth-order valence-electron chi connectivity index (χ4n) is 2.70. The smallest absolute Gasteiger partial charge is 0.0621 e. The molecule has 0 aromatic heterocycles. The maximum absolute atomic E-state index is 5.85. The van der Waals surface area contributed by atoms with E-state index in [-0.39, 0.29) is 0 Å². The van der Waals surface area contributed by atoms with Crippen LogP contribution >= 0.6 is 0 Å². The van der Waals surface area contributed by atoms with Gasteiger partial charge >= 0.3 is 0 Å². The Morgan fingerprint density at radius 3 is 2.93 bits per heavy atom. The van der Waals surface area contributed by atoms with E-state index in [1.165, 1.54) is 12.8 Å². The lowest BCUT2D eigenvalue weighted by Crippen LogP contribution is -2.59. The summed E-state index contributed by atoms with van der Waals surface area (Å²) in [5.41, 5.74) is 5.85. The number of ether oxygens (including phenoxy) is 1. The van der Waals surface area contributed by atoms with Crippen molar-refractivity contribution in [2.75, 3.05) is 46.4 Å². The first kappa shape index (κ1) is 11.3. The van der Waals surface area contributed by atoms with Gasteiger partial charge in [0.05, 0.1) is 6.61 Å². The van der Waals surface area contributed by atoms with Crippen molar-refractivity contribution < 1.29 is 4.74 Å². The summed E-state index contributed by atoms with van der Waals surface area (Å²) in [7, 11) is 2.18. The van der Waals surface area contributed by atoms with E-state index in [1.54, 1.807) is 0 Å². The fraction of sp³-hybridized carbons (Fsp3) is 1.00. The monoisotopic (exact) mass is 213 g/mol. The standard InChI is InChI=1S/C11H23N3O/c1-13-4-5-14(11(7-12)8-13)10-3-2-6-15-9-10/h10-11H,2-9,12H2,1H3. The molecule has 2 rings (SSSR count). The van der Waals surface area contributed by atoms with E-state index in [0.717, 1.165) is 39.4 Å². The van der Waals surface area contributed by atoms with E-state index >= 15 is 0 Å². The summed E-state index contributed by atoms with van der Waals surface area (Å²) in [5, 5.41) is 0. The van der Waals surface area contributed by atoms with Crippen LogP contribution < -0.4 is 5.73 Å². The van der Waals surface area contributed by atoms with E-state index in [2.05, 4.69) is 16.8 Å². The molecule has 4 heteroatoms. The molecular weight excluding hydrogens is 190 g/mol. The lowest BCUT2D eigenvalue weighted by molar-refractivity contribution is -0.0223. The van der Waals surface area contributed by atoms with Gasteiger partial charge in [-0.2, -0.15) is 0 Å². The van der Waals surface area contributed by atoms with Crippen LogP contribution in [0.4, 0.5) is 0 Å². The minimum Gasteiger partial charge on any atom is -0.380 e. The second kappa shape index (κ2) is 5.25. The van der Waals surface area contributed by atoms with Crippen molar-refractivity contribution in [2.24, 2.45) is 5.73 Å². The maximum atomic E-state index is 5.85. The lowest BCUT2D eigenvalue weighted by atomic mass is 10.0. The number of nitrogens with two attached hydrogens (primary N) is 1. The highest BCUT2D eigenvalue weighted by molar-refractivity contribution is 4.87. The van der Waals surface area contributed by atoms with Gasteiger partial charge in [0.25, 0.3) is 0 Å². The minimum atomic E-state index is 0.524. The van der Waals surface area contributed by atoms with E-state index in [1.807, 2.05) is 0 Å². The predicted molar refractivity (Wildman–Crippen MR) is 60.9 cm³/mol. The molecule has 2 aliphatic rings. The number of likely N-dealkylation sites (N-methyl/N-ethyl adjacent to an activating group) is 1. The van der Waals surface area contributed by atoms with Gasteiger partial charge in [-0.3, -0.25) is 4.90 Å². The van der Waals surface area contributed by atoms with Gasteiger partial charge in [0.1, 0.15) is 0 Å². The average Bonchev–Trinajstić information content (AvgIpc) is 2.30.